The molecule has 0 bridgehead atoms. The lowest BCUT2D eigenvalue weighted by Gasteiger charge is -2.23. The van der Waals surface area contributed by atoms with Gasteiger partial charge >= 0.3 is 0 Å². The van der Waals surface area contributed by atoms with Gasteiger partial charge in [-0.15, -0.1) is 0 Å². The van der Waals surface area contributed by atoms with E-state index in [1.54, 1.807) is 11.4 Å². The van der Waals surface area contributed by atoms with E-state index in [1.807, 2.05) is 24.3 Å². The molecule has 0 aliphatic heterocycles. The van der Waals surface area contributed by atoms with E-state index in [1.165, 1.54) is 0 Å². The zero-order valence-electron chi connectivity index (χ0n) is 11.4. The number of rotatable bonds is 5. The van der Waals surface area contributed by atoms with Gasteiger partial charge in [-0.25, -0.2) is 12.7 Å². The molecule has 1 fully saturated rings. The van der Waals surface area contributed by atoms with Crippen LogP contribution in [0.25, 0.3) is 0 Å². The minimum atomic E-state index is -3.23. The van der Waals surface area contributed by atoms with Crippen molar-refractivity contribution in [2.75, 3.05) is 7.05 Å². The molecule has 106 valence electrons. The first-order valence-electron chi connectivity index (χ1n) is 6.76. The van der Waals surface area contributed by atoms with Gasteiger partial charge in [0.15, 0.2) is 0 Å². The van der Waals surface area contributed by atoms with Gasteiger partial charge < -0.3 is 5.73 Å². The van der Waals surface area contributed by atoms with Gasteiger partial charge in [0.1, 0.15) is 0 Å². The summed E-state index contributed by atoms with van der Waals surface area (Å²) in [4.78, 5) is 0. The average molecular weight is 282 g/mol. The summed E-state index contributed by atoms with van der Waals surface area (Å²) in [5, 5.41) is 0. The summed E-state index contributed by atoms with van der Waals surface area (Å²) in [6.45, 7) is 0.437. The van der Waals surface area contributed by atoms with Crippen molar-refractivity contribution in [3.8, 4) is 0 Å². The second-order valence-corrected chi connectivity index (χ2v) is 7.26. The minimum absolute atomic E-state index is 0.0633. The maximum absolute atomic E-state index is 12.4. The van der Waals surface area contributed by atoms with Crippen LogP contribution in [-0.2, 0) is 22.3 Å². The third-order valence-electron chi connectivity index (χ3n) is 3.85. The van der Waals surface area contributed by atoms with Crippen molar-refractivity contribution in [3.63, 3.8) is 0 Å². The lowest BCUT2D eigenvalue weighted by Crippen LogP contribution is -2.36. The third kappa shape index (κ3) is 3.55. The summed E-state index contributed by atoms with van der Waals surface area (Å²) in [6, 6.07) is 7.68. The molecular formula is C14H22N2O2S. The van der Waals surface area contributed by atoms with Crippen molar-refractivity contribution in [1.29, 1.82) is 0 Å². The summed E-state index contributed by atoms with van der Waals surface area (Å²) < 4.78 is 26.3. The summed E-state index contributed by atoms with van der Waals surface area (Å²) >= 11 is 0. The van der Waals surface area contributed by atoms with E-state index < -0.39 is 10.0 Å². The standard InChI is InChI=1S/C14H22N2O2S/c1-16(14-7-2-3-8-14)19(17,18)11-13-6-4-5-12(9-13)10-15/h4-6,9,14H,2-3,7-8,10-11,15H2,1H3. The van der Waals surface area contributed by atoms with Crippen LogP contribution in [0.5, 0.6) is 0 Å². The molecule has 0 atom stereocenters. The van der Waals surface area contributed by atoms with E-state index >= 15 is 0 Å². The quantitative estimate of drug-likeness (QED) is 0.896. The third-order valence-corrected chi connectivity index (χ3v) is 5.73. The van der Waals surface area contributed by atoms with Crippen LogP contribution in [0.4, 0.5) is 0 Å². The summed E-state index contributed by atoms with van der Waals surface area (Å²) in [6.07, 6.45) is 4.23. The Morgan fingerprint density at radius 1 is 1.26 bits per heavy atom. The molecule has 1 aliphatic carbocycles. The molecule has 0 heterocycles. The van der Waals surface area contributed by atoms with Gasteiger partial charge in [-0.1, -0.05) is 37.1 Å². The Balaban J connectivity index is 2.11. The van der Waals surface area contributed by atoms with Crippen molar-refractivity contribution < 1.29 is 8.42 Å². The van der Waals surface area contributed by atoms with E-state index in [2.05, 4.69) is 0 Å². The van der Waals surface area contributed by atoms with Gasteiger partial charge in [-0.05, 0) is 24.0 Å². The summed E-state index contributed by atoms with van der Waals surface area (Å²) in [5.74, 6) is 0.0633. The number of nitrogens with zero attached hydrogens (tertiary/aromatic N) is 1. The van der Waals surface area contributed by atoms with Crippen LogP contribution in [0.3, 0.4) is 0 Å². The Morgan fingerprint density at radius 2 is 1.89 bits per heavy atom. The average Bonchev–Trinajstić information content (AvgIpc) is 2.91. The Morgan fingerprint density at radius 3 is 2.53 bits per heavy atom. The summed E-state index contributed by atoms with van der Waals surface area (Å²) in [5.41, 5.74) is 7.36. The van der Waals surface area contributed by atoms with Crippen LogP contribution >= 0.6 is 0 Å². The van der Waals surface area contributed by atoms with Crippen molar-refractivity contribution >= 4 is 10.0 Å². The van der Waals surface area contributed by atoms with Crippen LogP contribution < -0.4 is 5.73 Å². The van der Waals surface area contributed by atoms with Crippen molar-refractivity contribution in [3.05, 3.63) is 35.4 Å². The first-order valence-corrected chi connectivity index (χ1v) is 8.37. The molecule has 0 saturated heterocycles. The van der Waals surface area contributed by atoms with E-state index in [0.29, 0.717) is 6.54 Å². The Bertz CT molecular complexity index is 522. The Labute approximate surface area is 115 Å². The molecule has 0 unspecified atom stereocenters. The number of benzene rings is 1. The molecule has 5 heteroatoms. The van der Waals surface area contributed by atoms with E-state index in [9.17, 15) is 8.42 Å². The van der Waals surface area contributed by atoms with Crippen molar-refractivity contribution in [2.24, 2.45) is 5.73 Å². The monoisotopic (exact) mass is 282 g/mol. The Hall–Kier alpha value is -0.910. The SMILES string of the molecule is CN(C1CCCC1)S(=O)(=O)Cc1cccc(CN)c1. The van der Waals surface area contributed by atoms with E-state index in [4.69, 9.17) is 5.73 Å². The predicted octanol–water partition coefficient (Wildman–Crippen LogP) is 1.85. The lowest BCUT2D eigenvalue weighted by atomic mass is 10.1. The van der Waals surface area contributed by atoms with Crippen LogP contribution in [0, 0.1) is 0 Å². The highest BCUT2D eigenvalue weighted by Gasteiger charge is 2.28. The smallest absolute Gasteiger partial charge is 0.218 e. The largest absolute Gasteiger partial charge is 0.326 e. The molecule has 0 radical (unpaired) electrons. The van der Waals surface area contributed by atoms with E-state index in [0.717, 1.165) is 36.8 Å². The molecule has 0 aromatic heterocycles. The lowest BCUT2D eigenvalue weighted by molar-refractivity contribution is 0.372. The fourth-order valence-corrected chi connectivity index (χ4v) is 4.12. The van der Waals surface area contributed by atoms with E-state index in [-0.39, 0.29) is 11.8 Å². The topological polar surface area (TPSA) is 63.4 Å². The molecule has 2 rings (SSSR count). The van der Waals surface area contributed by atoms with Gasteiger partial charge in [0.25, 0.3) is 0 Å². The predicted molar refractivity (Wildman–Crippen MR) is 77.0 cm³/mol. The minimum Gasteiger partial charge on any atom is -0.326 e. The molecule has 19 heavy (non-hydrogen) atoms. The molecule has 1 aromatic carbocycles. The molecule has 1 aliphatic rings. The zero-order chi connectivity index (χ0) is 13.9. The van der Waals surface area contributed by atoms with Gasteiger partial charge in [-0.3, -0.25) is 0 Å². The van der Waals surface area contributed by atoms with Crippen molar-refractivity contribution in [2.45, 2.75) is 44.0 Å². The molecule has 4 nitrogen and oxygen atoms in total. The van der Waals surface area contributed by atoms with Crippen LogP contribution in [-0.4, -0.2) is 25.8 Å². The fraction of sp³-hybridized carbons (Fsp3) is 0.571. The number of hydrogen-bond donors (Lipinski definition) is 1. The van der Waals surface area contributed by atoms with Gasteiger partial charge in [-0.2, -0.15) is 0 Å². The molecule has 0 amide bonds. The number of nitrogens with two attached hydrogens (primary N) is 1. The van der Waals surface area contributed by atoms with Gasteiger partial charge in [0.05, 0.1) is 5.75 Å². The van der Waals surface area contributed by atoms with Gasteiger partial charge in [0.2, 0.25) is 10.0 Å². The highest BCUT2D eigenvalue weighted by atomic mass is 32.2. The van der Waals surface area contributed by atoms with Crippen LogP contribution in [0.15, 0.2) is 24.3 Å². The highest BCUT2D eigenvalue weighted by Crippen LogP contribution is 2.25. The number of sulfonamides is 1. The molecular weight excluding hydrogens is 260 g/mol. The first kappa shape index (κ1) is 14.5. The van der Waals surface area contributed by atoms with Gasteiger partial charge in [0, 0.05) is 19.6 Å². The fourth-order valence-electron chi connectivity index (χ4n) is 2.65. The second kappa shape index (κ2) is 6.03. The molecule has 1 saturated carbocycles. The highest BCUT2D eigenvalue weighted by molar-refractivity contribution is 7.88. The Kier molecular flexibility index (Phi) is 4.60. The summed E-state index contributed by atoms with van der Waals surface area (Å²) in [7, 11) is -1.52. The second-order valence-electron chi connectivity index (χ2n) is 5.23. The normalized spacial score (nSPS) is 17.2. The van der Waals surface area contributed by atoms with Crippen LogP contribution in [0.1, 0.15) is 36.8 Å². The molecule has 2 N–H and O–H groups in total. The zero-order valence-corrected chi connectivity index (χ0v) is 12.2. The molecule has 1 aromatic rings. The first-order chi connectivity index (χ1) is 9.03. The van der Waals surface area contributed by atoms with Crippen molar-refractivity contribution in [1.82, 2.24) is 4.31 Å². The number of hydrogen-bond acceptors (Lipinski definition) is 3. The maximum Gasteiger partial charge on any atom is 0.218 e. The molecule has 0 spiro atoms. The maximum atomic E-state index is 12.4. The van der Waals surface area contributed by atoms with Crippen LogP contribution in [0.2, 0.25) is 0 Å².